The Balaban J connectivity index is 1.79. The largest absolute Gasteiger partial charge is 0.338 e. The smallest absolute Gasteiger partial charge is 0.328 e. The van der Waals surface area contributed by atoms with E-state index < -0.39 is 11.2 Å². The molecule has 32 heavy (non-hydrogen) atoms. The van der Waals surface area contributed by atoms with Gasteiger partial charge in [0.1, 0.15) is 0 Å². The van der Waals surface area contributed by atoms with E-state index in [1.54, 1.807) is 41.3 Å². The highest BCUT2D eigenvalue weighted by Gasteiger charge is 2.16. The third-order valence-electron chi connectivity index (χ3n) is 5.20. The summed E-state index contributed by atoms with van der Waals surface area (Å²) in [5, 5.41) is 1.32. The van der Waals surface area contributed by atoms with Crippen molar-refractivity contribution >= 4 is 40.0 Å². The van der Waals surface area contributed by atoms with Gasteiger partial charge in [-0.1, -0.05) is 41.4 Å². The Kier molecular flexibility index (Phi) is 8.12. The van der Waals surface area contributed by atoms with Gasteiger partial charge in [-0.05, 0) is 56.9 Å². The maximum atomic E-state index is 13.1. The van der Waals surface area contributed by atoms with E-state index in [-0.39, 0.29) is 18.9 Å². The molecule has 1 heterocycles. The van der Waals surface area contributed by atoms with Gasteiger partial charge < -0.3 is 9.80 Å². The molecule has 1 N–H and O–H groups in total. The van der Waals surface area contributed by atoms with Gasteiger partial charge in [-0.2, -0.15) is 0 Å². The van der Waals surface area contributed by atoms with E-state index in [4.69, 9.17) is 23.2 Å². The second-order valence-corrected chi connectivity index (χ2v) is 8.71. The van der Waals surface area contributed by atoms with Gasteiger partial charge in [-0.3, -0.25) is 19.1 Å². The van der Waals surface area contributed by atoms with Crippen LogP contribution in [0.2, 0.25) is 10.0 Å². The summed E-state index contributed by atoms with van der Waals surface area (Å²) in [6.07, 6.45) is 0.931. The number of fused-ring (bicyclic) bond motifs is 1. The first-order valence-electron chi connectivity index (χ1n) is 10.3. The Morgan fingerprint density at radius 3 is 2.50 bits per heavy atom. The summed E-state index contributed by atoms with van der Waals surface area (Å²) in [4.78, 5) is 43.7. The van der Waals surface area contributed by atoms with Crippen molar-refractivity contribution in [1.29, 1.82) is 0 Å². The molecule has 0 aliphatic carbocycles. The average Bonchev–Trinajstić information content (AvgIpc) is 2.75. The summed E-state index contributed by atoms with van der Waals surface area (Å²) in [6.45, 7) is 1.97. The van der Waals surface area contributed by atoms with Gasteiger partial charge in [-0.15, -0.1) is 0 Å². The van der Waals surface area contributed by atoms with Crippen molar-refractivity contribution in [2.75, 3.05) is 27.2 Å². The minimum Gasteiger partial charge on any atom is -0.338 e. The van der Waals surface area contributed by atoms with E-state index in [1.807, 2.05) is 20.2 Å². The molecular formula is C23H26Cl2N4O3. The molecule has 0 saturated carbocycles. The number of carbonyl (C=O) groups is 1. The summed E-state index contributed by atoms with van der Waals surface area (Å²) in [7, 11) is 3.97. The van der Waals surface area contributed by atoms with Gasteiger partial charge in [0.25, 0.3) is 5.56 Å². The zero-order valence-corrected chi connectivity index (χ0v) is 19.6. The lowest BCUT2D eigenvalue weighted by atomic mass is 10.2. The molecular weight excluding hydrogens is 451 g/mol. The molecule has 0 aliphatic heterocycles. The number of aryl methyl sites for hydroxylation is 1. The van der Waals surface area contributed by atoms with Gasteiger partial charge in [0.2, 0.25) is 5.91 Å². The molecule has 0 aliphatic rings. The number of aromatic amines is 1. The summed E-state index contributed by atoms with van der Waals surface area (Å²) in [5.74, 6) is -0.0861. The number of halogens is 2. The first-order chi connectivity index (χ1) is 15.3. The van der Waals surface area contributed by atoms with Gasteiger partial charge in [-0.25, -0.2) is 4.79 Å². The van der Waals surface area contributed by atoms with Crippen LogP contribution >= 0.6 is 23.2 Å². The summed E-state index contributed by atoms with van der Waals surface area (Å²) in [5.41, 5.74) is 0.435. The van der Waals surface area contributed by atoms with Crippen LogP contribution < -0.4 is 11.2 Å². The third-order valence-corrected chi connectivity index (χ3v) is 5.94. The van der Waals surface area contributed by atoms with Gasteiger partial charge in [0, 0.05) is 26.1 Å². The highest BCUT2D eigenvalue weighted by atomic mass is 35.5. The van der Waals surface area contributed by atoms with Crippen molar-refractivity contribution in [1.82, 2.24) is 19.4 Å². The molecule has 0 atom stereocenters. The SMILES string of the molecule is CN(C)CCCN(Cc1ccc(Cl)c(Cl)c1)C(=O)CCn1c(=O)[nH]c(=O)c2ccccc21. The highest BCUT2D eigenvalue weighted by Crippen LogP contribution is 2.23. The Morgan fingerprint density at radius 1 is 1.03 bits per heavy atom. The molecule has 0 radical (unpaired) electrons. The zero-order valence-electron chi connectivity index (χ0n) is 18.1. The molecule has 2 aromatic carbocycles. The van der Waals surface area contributed by atoms with Gasteiger partial charge in [0.15, 0.2) is 0 Å². The normalized spacial score (nSPS) is 11.3. The van der Waals surface area contributed by atoms with Crippen molar-refractivity contribution in [3.8, 4) is 0 Å². The Bertz CT molecular complexity index is 1220. The Morgan fingerprint density at radius 2 is 1.78 bits per heavy atom. The maximum Gasteiger partial charge on any atom is 0.328 e. The van der Waals surface area contributed by atoms with Crippen molar-refractivity contribution < 1.29 is 4.79 Å². The van der Waals surface area contributed by atoms with Crippen LogP contribution in [0.15, 0.2) is 52.1 Å². The van der Waals surface area contributed by atoms with Crippen molar-refractivity contribution in [3.63, 3.8) is 0 Å². The lowest BCUT2D eigenvalue weighted by Crippen LogP contribution is -2.35. The molecule has 9 heteroatoms. The minimum absolute atomic E-state index is 0.0861. The van der Waals surface area contributed by atoms with E-state index in [2.05, 4.69) is 9.88 Å². The first-order valence-corrected chi connectivity index (χ1v) is 11.1. The number of rotatable bonds is 9. The first kappa shape index (κ1) is 24.0. The quantitative estimate of drug-likeness (QED) is 0.513. The van der Waals surface area contributed by atoms with Crippen LogP contribution in [0, 0.1) is 0 Å². The molecule has 170 valence electrons. The van der Waals surface area contributed by atoms with E-state index in [9.17, 15) is 14.4 Å². The summed E-state index contributed by atoms with van der Waals surface area (Å²) >= 11 is 12.2. The summed E-state index contributed by atoms with van der Waals surface area (Å²) in [6, 6.07) is 12.2. The molecule has 1 aromatic heterocycles. The van der Waals surface area contributed by atoms with E-state index in [1.165, 1.54) is 4.57 Å². The van der Waals surface area contributed by atoms with E-state index >= 15 is 0 Å². The minimum atomic E-state index is -0.523. The molecule has 1 amide bonds. The van der Waals surface area contributed by atoms with Gasteiger partial charge in [0.05, 0.1) is 20.9 Å². The second-order valence-electron chi connectivity index (χ2n) is 7.90. The van der Waals surface area contributed by atoms with Crippen molar-refractivity contribution in [2.45, 2.75) is 25.9 Å². The zero-order chi connectivity index (χ0) is 23.3. The van der Waals surface area contributed by atoms with Crippen LogP contribution in [0.3, 0.4) is 0 Å². The van der Waals surface area contributed by atoms with Crippen molar-refractivity contribution in [2.24, 2.45) is 0 Å². The molecule has 3 aromatic rings. The molecule has 0 spiro atoms. The summed E-state index contributed by atoms with van der Waals surface area (Å²) < 4.78 is 1.44. The number of amides is 1. The Hall–Kier alpha value is -2.61. The average molecular weight is 477 g/mol. The number of aromatic nitrogens is 2. The molecule has 3 rings (SSSR count). The maximum absolute atomic E-state index is 13.1. The lowest BCUT2D eigenvalue weighted by Gasteiger charge is -2.24. The monoisotopic (exact) mass is 476 g/mol. The number of nitrogens with one attached hydrogen (secondary N) is 1. The standard InChI is InChI=1S/C23H26Cl2N4O3/c1-27(2)11-5-12-28(15-16-8-9-18(24)19(25)14-16)21(30)10-13-29-20-7-4-3-6-17(20)22(31)26-23(29)32/h3-4,6-9,14H,5,10-13,15H2,1-2H3,(H,26,31,32). The van der Waals surface area contributed by atoms with Crippen molar-refractivity contribution in [3.05, 3.63) is 78.9 Å². The van der Waals surface area contributed by atoms with E-state index in [0.717, 1.165) is 18.5 Å². The van der Waals surface area contributed by atoms with Crippen LogP contribution in [0.4, 0.5) is 0 Å². The van der Waals surface area contributed by atoms with Gasteiger partial charge >= 0.3 is 5.69 Å². The van der Waals surface area contributed by atoms with Crippen LogP contribution in [0.1, 0.15) is 18.4 Å². The fraction of sp³-hybridized carbons (Fsp3) is 0.348. The van der Waals surface area contributed by atoms with Crippen LogP contribution in [0.5, 0.6) is 0 Å². The number of carbonyl (C=O) groups excluding carboxylic acids is 1. The van der Waals surface area contributed by atoms with Crippen LogP contribution in [0.25, 0.3) is 10.9 Å². The third kappa shape index (κ3) is 6.00. The van der Waals surface area contributed by atoms with Crippen LogP contribution in [-0.4, -0.2) is 52.4 Å². The number of hydrogen-bond donors (Lipinski definition) is 1. The topological polar surface area (TPSA) is 78.4 Å². The fourth-order valence-electron chi connectivity index (χ4n) is 3.56. The molecule has 0 bridgehead atoms. The number of para-hydroxylation sites is 1. The molecule has 7 nitrogen and oxygen atoms in total. The number of benzene rings is 2. The van der Waals surface area contributed by atoms with E-state index in [0.29, 0.717) is 34.0 Å². The number of hydrogen-bond acceptors (Lipinski definition) is 4. The number of nitrogens with zero attached hydrogens (tertiary/aromatic N) is 3. The lowest BCUT2D eigenvalue weighted by molar-refractivity contribution is -0.132. The van der Waals surface area contributed by atoms with Crippen LogP contribution in [-0.2, 0) is 17.9 Å². The Labute approximate surface area is 196 Å². The molecule has 0 fully saturated rings. The second kappa shape index (κ2) is 10.8. The molecule has 0 saturated heterocycles. The molecule has 0 unspecified atom stereocenters. The predicted molar refractivity (Wildman–Crippen MR) is 128 cm³/mol. The fourth-order valence-corrected chi connectivity index (χ4v) is 3.88. The highest BCUT2D eigenvalue weighted by molar-refractivity contribution is 6.42. The predicted octanol–water partition coefficient (Wildman–Crippen LogP) is 3.37. The number of H-pyrrole nitrogens is 1.